The van der Waals surface area contributed by atoms with Gasteiger partial charge >= 0.3 is 0 Å². The maximum Gasteiger partial charge on any atom is 0.226 e. The average Bonchev–Trinajstić information content (AvgIpc) is 2.97. The van der Waals surface area contributed by atoms with Crippen LogP contribution in [0.4, 0.5) is 5.13 Å². The van der Waals surface area contributed by atoms with Crippen molar-refractivity contribution in [2.75, 3.05) is 18.4 Å². The lowest BCUT2D eigenvalue weighted by Crippen LogP contribution is -2.42. The van der Waals surface area contributed by atoms with Crippen LogP contribution in [0.25, 0.3) is 0 Å². The third kappa shape index (κ3) is 3.44. The summed E-state index contributed by atoms with van der Waals surface area (Å²) < 4.78 is 0. The number of carbonyl (C=O) groups is 3. The van der Waals surface area contributed by atoms with Crippen molar-refractivity contribution in [3.63, 3.8) is 0 Å². The monoisotopic (exact) mass is 335 g/mol. The van der Waals surface area contributed by atoms with Crippen molar-refractivity contribution in [2.45, 2.75) is 45.4 Å². The number of carbonyl (C=O) groups excluding carboxylic acids is 3. The first-order valence-electron chi connectivity index (χ1n) is 8.20. The van der Waals surface area contributed by atoms with Crippen LogP contribution in [0.1, 0.15) is 54.4 Å². The molecule has 1 saturated heterocycles. The van der Waals surface area contributed by atoms with Gasteiger partial charge in [-0.3, -0.25) is 14.4 Å². The fraction of sp³-hybridized carbons (Fsp3) is 0.625. The number of fused-ring (bicyclic) bond motifs is 1. The Hall–Kier alpha value is -1.76. The largest absolute Gasteiger partial charge is 0.342 e. The van der Waals surface area contributed by atoms with E-state index < -0.39 is 0 Å². The minimum absolute atomic E-state index is 0.0314. The molecule has 6 nitrogen and oxygen atoms in total. The van der Waals surface area contributed by atoms with E-state index in [2.05, 4.69) is 10.3 Å². The van der Waals surface area contributed by atoms with E-state index in [1.807, 2.05) is 4.90 Å². The summed E-state index contributed by atoms with van der Waals surface area (Å²) in [7, 11) is 0. The standard InChI is InChI=1S/C16H21N3O3S/c1-2-13(21)18-16-17-11-8-10(9-12(20)14(11)23-16)15(22)19-6-4-3-5-7-19/h10H,2-9H2,1H3,(H,17,18,21)/t10-/m0/s1. The first-order chi connectivity index (χ1) is 11.1. The highest BCUT2D eigenvalue weighted by Gasteiger charge is 2.35. The Morgan fingerprint density at radius 1 is 1.26 bits per heavy atom. The Labute approximate surface area is 139 Å². The molecule has 1 aromatic heterocycles. The third-order valence-electron chi connectivity index (χ3n) is 4.41. The van der Waals surface area contributed by atoms with Crippen LogP contribution in [0.15, 0.2) is 0 Å². The van der Waals surface area contributed by atoms with Crippen LogP contribution in [0.3, 0.4) is 0 Å². The second-order valence-corrected chi connectivity index (χ2v) is 7.11. The van der Waals surface area contributed by atoms with Crippen molar-refractivity contribution in [3.8, 4) is 0 Å². The third-order valence-corrected chi connectivity index (χ3v) is 5.46. The Kier molecular flexibility index (Phi) is 4.75. The lowest BCUT2D eigenvalue weighted by molar-refractivity contribution is -0.136. The smallest absolute Gasteiger partial charge is 0.226 e. The molecule has 0 spiro atoms. The van der Waals surface area contributed by atoms with Gasteiger partial charge in [0, 0.05) is 32.4 Å². The molecule has 3 rings (SSSR count). The number of likely N-dealkylation sites (tertiary alicyclic amines) is 1. The molecule has 0 bridgehead atoms. The number of rotatable bonds is 3. The number of hydrogen-bond donors (Lipinski definition) is 1. The number of thiazole rings is 1. The molecule has 7 heteroatoms. The van der Waals surface area contributed by atoms with Crippen molar-refractivity contribution in [1.29, 1.82) is 0 Å². The highest BCUT2D eigenvalue weighted by Crippen LogP contribution is 2.33. The fourth-order valence-corrected chi connectivity index (χ4v) is 4.10. The number of amides is 2. The van der Waals surface area contributed by atoms with Gasteiger partial charge in [0.05, 0.1) is 16.5 Å². The first-order valence-corrected chi connectivity index (χ1v) is 9.01. The molecule has 0 aromatic carbocycles. The molecule has 124 valence electrons. The molecule has 1 aromatic rings. The molecule has 1 fully saturated rings. The summed E-state index contributed by atoms with van der Waals surface area (Å²) >= 11 is 1.22. The maximum absolute atomic E-state index is 12.6. The van der Waals surface area contributed by atoms with Gasteiger partial charge in [-0.15, -0.1) is 0 Å². The highest BCUT2D eigenvalue weighted by atomic mass is 32.1. The molecule has 1 N–H and O–H groups in total. The van der Waals surface area contributed by atoms with E-state index in [1.54, 1.807) is 6.92 Å². The van der Waals surface area contributed by atoms with Crippen molar-refractivity contribution in [3.05, 3.63) is 10.6 Å². The molecule has 0 saturated carbocycles. The van der Waals surface area contributed by atoms with Crippen LogP contribution >= 0.6 is 11.3 Å². The maximum atomic E-state index is 12.6. The second-order valence-electron chi connectivity index (χ2n) is 6.11. The molecule has 1 aliphatic heterocycles. The van der Waals surface area contributed by atoms with Gasteiger partial charge in [-0.05, 0) is 19.3 Å². The predicted octanol–water partition coefficient (Wildman–Crippen LogP) is 2.25. The average molecular weight is 335 g/mol. The zero-order valence-electron chi connectivity index (χ0n) is 13.3. The number of hydrogen-bond acceptors (Lipinski definition) is 5. The molecule has 0 unspecified atom stereocenters. The van der Waals surface area contributed by atoms with Gasteiger partial charge in [0.2, 0.25) is 11.8 Å². The zero-order chi connectivity index (χ0) is 16.4. The van der Waals surface area contributed by atoms with Crippen molar-refractivity contribution in [1.82, 2.24) is 9.88 Å². The summed E-state index contributed by atoms with van der Waals surface area (Å²) in [4.78, 5) is 43.3. The Bertz CT molecular complexity index is 635. The minimum Gasteiger partial charge on any atom is -0.342 e. The number of nitrogens with one attached hydrogen (secondary N) is 1. The van der Waals surface area contributed by atoms with Crippen molar-refractivity contribution in [2.24, 2.45) is 5.92 Å². The fourth-order valence-electron chi connectivity index (χ4n) is 3.14. The van der Waals surface area contributed by atoms with E-state index in [0.717, 1.165) is 25.9 Å². The van der Waals surface area contributed by atoms with Gasteiger partial charge in [0.1, 0.15) is 0 Å². The van der Waals surface area contributed by atoms with Crippen LogP contribution in [0.2, 0.25) is 0 Å². The zero-order valence-corrected chi connectivity index (χ0v) is 14.1. The molecule has 2 aliphatic rings. The SMILES string of the molecule is CCC(=O)Nc1nc2c(s1)C(=O)C[C@@H](C(=O)N1CCCCC1)C2. The highest BCUT2D eigenvalue weighted by molar-refractivity contribution is 7.17. The van der Waals surface area contributed by atoms with E-state index in [-0.39, 0.29) is 29.9 Å². The number of anilines is 1. The lowest BCUT2D eigenvalue weighted by atomic mass is 9.88. The van der Waals surface area contributed by atoms with E-state index in [9.17, 15) is 14.4 Å². The van der Waals surface area contributed by atoms with Crippen LogP contribution in [0.5, 0.6) is 0 Å². The van der Waals surface area contributed by atoms with Gasteiger partial charge in [0.15, 0.2) is 10.9 Å². The summed E-state index contributed by atoms with van der Waals surface area (Å²) in [6.45, 7) is 3.36. The second kappa shape index (κ2) is 6.78. The molecule has 1 atom stereocenters. The van der Waals surface area contributed by atoms with Crippen LogP contribution in [-0.2, 0) is 16.0 Å². The summed E-state index contributed by atoms with van der Waals surface area (Å²) in [5.74, 6) is -0.374. The molecular formula is C16H21N3O3S. The molecule has 23 heavy (non-hydrogen) atoms. The summed E-state index contributed by atoms with van der Waals surface area (Å²) in [6, 6.07) is 0. The Balaban J connectivity index is 1.73. The molecule has 1 aliphatic carbocycles. The molecular weight excluding hydrogens is 314 g/mol. The van der Waals surface area contributed by atoms with E-state index in [1.165, 1.54) is 17.8 Å². The quantitative estimate of drug-likeness (QED) is 0.919. The Morgan fingerprint density at radius 3 is 2.70 bits per heavy atom. The van der Waals surface area contributed by atoms with Crippen LogP contribution in [0, 0.1) is 5.92 Å². The van der Waals surface area contributed by atoms with Gasteiger partial charge in [0.25, 0.3) is 0 Å². The summed E-state index contributed by atoms with van der Waals surface area (Å²) in [5.41, 5.74) is 0.660. The minimum atomic E-state index is -0.301. The van der Waals surface area contributed by atoms with Gasteiger partial charge in [-0.25, -0.2) is 4.98 Å². The summed E-state index contributed by atoms with van der Waals surface area (Å²) in [6.07, 6.45) is 4.38. The number of aromatic nitrogens is 1. The normalized spacial score (nSPS) is 21.0. The van der Waals surface area contributed by atoms with Gasteiger partial charge in [-0.2, -0.15) is 0 Å². The summed E-state index contributed by atoms with van der Waals surface area (Å²) in [5, 5.41) is 3.16. The van der Waals surface area contributed by atoms with E-state index in [0.29, 0.717) is 28.5 Å². The van der Waals surface area contributed by atoms with Gasteiger partial charge in [-0.1, -0.05) is 18.3 Å². The predicted molar refractivity (Wildman–Crippen MR) is 87.6 cm³/mol. The van der Waals surface area contributed by atoms with Crippen LogP contribution < -0.4 is 5.32 Å². The number of nitrogens with zero attached hydrogens (tertiary/aromatic N) is 2. The van der Waals surface area contributed by atoms with Crippen LogP contribution in [-0.4, -0.2) is 40.6 Å². The lowest BCUT2D eigenvalue weighted by Gasteiger charge is -2.31. The molecule has 2 heterocycles. The number of Topliss-reactive ketones (excluding diaryl/α,β-unsaturated/α-hetero) is 1. The van der Waals surface area contributed by atoms with Crippen molar-refractivity contribution < 1.29 is 14.4 Å². The number of ketones is 1. The molecule has 0 radical (unpaired) electrons. The Morgan fingerprint density at radius 2 is 2.00 bits per heavy atom. The first kappa shape index (κ1) is 16.1. The van der Waals surface area contributed by atoms with Crippen molar-refractivity contribution >= 4 is 34.1 Å². The molecule has 2 amide bonds. The van der Waals surface area contributed by atoms with E-state index >= 15 is 0 Å². The topological polar surface area (TPSA) is 79.4 Å². The number of piperidine rings is 1. The van der Waals surface area contributed by atoms with E-state index in [4.69, 9.17) is 0 Å². The van der Waals surface area contributed by atoms with Gasteiger partial charge < -0.3 is 10.2 Å².